The number of hydrogen-bond acceptors (Lipinski definition) is 8. The topological polar surface area (TPSA) is 109 Å². The van der Waals surface area contributed by atoms with Crippen molar-refractivity contribution in [2.75, 3.05) is 37.7 Å². The average molecular weight is 552 g/mol. The number of carbonyl (C=O) groups excluding carboxylic acids is 1. The van der Waals surface area contributed by atoms with Crippen LogP contribution in [-0.4, -0.2) is 81.1 Å². The number of nitrogens with one attached hydrogen (secondary N) is 1. The predicted molar refractivity (Wildman–Crippen MR) is 142 cm³/mol. The van der Waals surface area contributed by atoms with Crippen LogP contribution in [-0.2, 0) is 21.4 Å². The fourth-order valence-corrected chi connectivity index (χ4v) is 5.25. The van der Waals surface area contributed by atoms with Gasteiger partial charge in [-0.25, -0.2) is 14.2 Å². The number of carboxylic acid groups (broad SMARTS) is 1. The quantitative estimate of drug-likeness (QED) is 0.481. The molecule has 9 nitrogen and oxygen atoms in total. The molecule has 2 aromatic rings. The molecule has 2 N–H and O–H groups in total. The molecule has 0 saturated carbocycles. The number of aliphatic imine (C=N–C) groups is 1. The number of carboxylic acids is 1. The summed E-state index contributed by atoms with van der Waals surface area (Å²) in [5, 5.41) is 12.8. The number of esters is 1. The number of aryl methyl sites for hydroxylation is 1. The van der Waals surface area contributed by atoms with Gasteiger partial charge in [0, 0.05) is 67.2 Å². The molecule has 4 rings (SSSR count). The fraction of sp³-hybridized carbons (Fsp3) is 0.440. The van der Waals surface area contributed by atoms with Gasteiger partial charge in [0.2, 0.25) is 0 Å². The number of imidazole rings is 1. The van der Waals surface area contributed by atoms with Gasteiger partial charge in [0.1, 0.15) is 5.82 Å². The van der Waals surface area contributed by atoms with E-state index in [4.69, 9.17) is 21.4 Å². The molecule has 12 heteroatoms. The lowest BCUT2D eigenvalue weighted by molar-refractivity contribution is -0.139. The summed E-state index contributed by atoms with van der Waals surface area (Å²) in [5.74, 6) is 1.73. The van der Waals surface area contributed by atoms with Crippen LogP contribution in [0.5, 0.6) is 0 Å². The summed E-state index contributed by atoms with van der Waals surface area (Å²) in [6.07, 6.45) is 4.27. The molecule has 1 unspecified atom stereocenters. The largest absolute Gasteiger partial charge is 0.481 e. The molecule has 0 spiro atoms. The SMILES string of the molecule is CCOC(=O)C1=C(CN2CCSCC2CCC(=O)O)NC(c2nccn2C)=NC1.Fc1cccc(Cl)c1. The molecule has 0 bridgehead atoms. The molecule has 200 valence electrons. The number of carbonyl (C=O) groups is 2. The standard InChI is InChI=1S/C19H27N5O4S.C6H4ClF/c1-3-28-19(27)14-10-21-17(18-20-6-7-23(18)2)22-15(14)11-24-8-9-29-12-13(24)4-5-16(25)26;7-5-2-1-3-6(8)4-5/h6-7,13H,3-5,8-12H2,1-2H3,(H,21,22)(H,25,26);1-4H. The summed E-state index contributed by atoms with van der Waals surface area (Å²) >= 11 is 7.24. The Kier molecular flexibility index (Phi) is 11.0. The molecule has 1 aromatic heterocycles. The minimum absolute atomic E-state index is 0.138. The van der Waals surface area contributed by atoms with E-state index < -0.39 is 5.97 Å². The van der Waals surface area contributed by atoms with Crippen LogP contribution >= 0.6 is 23.4 Å². The van der Waals surface area contributed by atoms with Crippen molar-refractivity contribution < 1.29 is 23.8 Å². The van der Waals surface area contributed by atoms with Gasteiger partial charge >= 0.3 is 11.9 Å². The minimum Gasteiger partial charge on any atom is -0.481 e. The first-order chi connectivity index (χ1) is 17.8. The Morgan fingerprint density at radius 1 is 1.38 bits per heavy atom. The van der Waals surface area contributed by atoms with Gasteiger partial charge in [-0.05, 0) is 31.5 Å². The van der Waals surface area contributed by atoms with E-state index in [-0.39, 0.29) is 30.8 Å². The van der Waals surface area contributed by atoms with Gasteiger partial charge in [-0.1, -0.05) is 17.7 Å². The molecular weight excluding hydrogens is 521 g/mol. The van der Waals surface area contributed by atoms with E-state index in [0.29, 0.717) is 41.8 Å². The fourth-order valence-electron chi connectivity index (χ4n) is 3.89. The summed E-state index contributed by atoms with van der Waals surface area (Å²) < 4.78 is 19.2. The highest BCUT2D eigenvalue weighted by Gasteiger charge is 2.29. The number of hydrogen-bond donors (Lipinski definition) is 2. The van der Waals surface area contributed by atoms with E-state index in [2.05, 4.69) is 20.2 Å². The second-order valence-corrected chi connectivity index (χ2v) is 9.99. The molecular formula is C25H31ClFN5O4S. The Balaban J connectivity index is 0.000000405. The molecule has 1 fully saturated rings. The molecule has 0 aliphatic carbocycles. The lowest BCUT2D eigenvalue weighted by atomic mass is 10.1. The second kappa shape index (κ2) is 14.2. The van der Waals surface area contributed by atoms with E-state index in [1.54, 1.807) is 25.3 Å². The number of aromatic nitrogens is 2. The predicted octanol–water partition coefficient (Wildman–Crippen LogP) is 3.35. The van der Waals surface area contributed by atoms with Crippen molar-refractivity contribution in [1.29, 1.82) is 0 Å². The Morgan fingerprint density at radius 3 is 2.81 bits per heavy atom. The average Bonchev–Trinajstić information content (AvgIpc) is 3.29. The maximum atomic E-state index is 12.5. The maximum Gasteiger partial charge on any atom is 0.337 e. The van der Waals surface area contributed by atoms with Crippen molar-refractivity contribution in [3.8, 4) is 0 Å². The van der Waals surface area contributed by atoms with E-state index in [1.807, 2.05) is 29.6 Å². The Hall–Kier alpha value is -2.89. The van der Waals surface area contributed by atoms with E-state index in [9.17, 15) is 14.0 Å². The molecule has 1 atom stereocenters. The third kappa shape index (κ3) is 8.58. The van der Waals surface area contributed by atoms with E-state index >= 15 is 0 Å². The van der Waals surface area contributed by atoms with Crippen LogP contribution in [0.1, 0.15) is 25.6 Å². The highest BCUT2D eigenvalue weighted by molar-refractivity contribution is 7.99. The van der Waals surface area contributed by atoms with Crippen LogP contribution in [0.3, 0.4) is 0 Å². The molecule has 3 heterocycles. The zero-order valence-electron chi connectivity index (χ0n) is 20.8. The van der Waals surface area contributed by atoms with Gasteiger partial charge in [-0.15, -0.1) is 0 Å². The third-order valence-corrected chi connectivity index (χ3v) is 7.10. The summed E-state index contributed by atoms with van der Waals surface area (Å²) in [6, 6.07) is 5.97. The number of benzene rings is 1. The number of aliphatic carboxylic acids is 1. The smallest absolute Gasteiger partial charge is 0.337 e. The second-order valence-electron chi connectivity index (χ2n) is 8.40. The first-order valence-corrected chi connectivity index (χ1v) is 13.4. The molecule has 0 amide bonds. The molecule has 0 radical (unpaired) electrons. The van der Waals surface area contributed by atoms with Crippen LogP contribution in [0.4, 0.5) is 4.39 Å². The molecule has 2 aliphatic heterocycles. The maximum absolute atomic E-state index is 12.5. The van der Waals surface area contributed by atoms with Gasteiger partial charge in [-0.2, -0.15) is 11.8 Å². The van der Waals surface area contributed by atoms with Gasteiger partial charge in [-0.3, -0.25) is 14.7 Å². The number of halogens is 2. The lowest BCUT2D eigenvalue weighted by Crippen LogP contribution is -2.47. The molecule has 1 saturated heterocycles. The summed E-state index contributed by atoms with van der Waals surface area (Å²) in [7, 11) is 1.89. The van der Waals surface area contributed by atoms with Crippen molar-refractivity contribution in [1.82, 2.24) is 19.8 Å². The van der Waals surface area contributed by atoms with Crippen molar-refractivity contribution >= 4 is 41.1 Å². The van der Waals surface area contributed by atoms with Crippen LogP contribution < -0.4 is 5.32 Å². The van der Waals surface area contributed by atoms with Gasteiger partial charge in [0.05, 0.1) is 18.7 Å². The summed E-state index contributed by atoms with van der Waals surface area (Å²) in [4.78, 5) is 34.6. The zero-order chi connectivity index (χ0) is 26.8. The van der Waals surface area contributed by atoms with Crippen molar-refractivity contribution in [2.45, 2.75) is 25.8 Å². The Morgan fingerprint density at radius 2 is 2.19 bits per heavy atom. The van der Waals surface area contributed by atoms with Crippen LogP contribution in [0.25, 0.3) is 0 Å². The van der Waals surface area contributed by atoms with Crippen molar-refractivity contribution in [3.63, 3.8) is 0 Å². The number of nitrogens with zero attached hydrogens (tertiary/aromatic N) is 4. The lowest BCUT2D eigenvalue weighted by Gasteiger charge is -2.36. The molecule has 2 aliphatic rings. The van der Waals surface area contributed by atoms with Crippen molar-refractivity contribution in [2.24, 2.45) is 12.0 Å². The highest BCUT2D eigenvalue weighted by atomic mass is 35.5. The van der Waals surface area contributed by atoms with Crippen LogP contribution in [0.15, 0.2) is 52.9 Å². The van der Waals surface area contributed by atoms with Crippen LogP contribution in [0.2, 0.25) is 5.02 Å². The number of thioether (sulfide) groups is 1. The third-order valence-electron chi connectivity index (χ3n) is 5.77. The highest BCUT2D eigenvalue weighted by Crippen LogP contribution is 2.23. The zero-order valence-corrected chi connectivity index (χ0v) is 22.4. The van der Waals surface area contributed by atoms with Crippen LogP contribution in [0, 0.1) is 5.82 Å². The van der Waals surface area contributed by atoms with Crippen molar-refractivity contribution in [3.05, 3.63) is 64.6 Å². The number of ether oxygens (including phenoxy) is 1. The van der Waals surface area contributed by atoms with Gasteiger partial charge in [0.15, 0.2) is 11.7 Å². The first kappa shape index (κ1) is 28.7. The Labute approximate surface area is 224 Å². The summed E-state index contributed by atoms with van der Waals surface area (Å²) in [6.45, 7) is 3.66. The molecule has 37 heavy (non-hydrogen) atoms. The number of rotatable bonds is 8. The minimum atomic E-state index is -0.785. The molecule has 1 aromatic carbocycles. The summed E-state index contributed by atoms with van der Waals surface area (Å²) in [5.41, 5.74) is 1.27. The monoisotopic (exact) mass is 551 g/mol. The first-order valence-electron chi connectivity index (χ1n) is 11.9. The Bertz CT molecular complexity index is 1140. The van der Waals surface area contributed by atoms with Gasteiger partial charge in [0.25, 0.3) is 0 Å². The van der Waals surface area contributed by atoms with E-state index in [1.165, 1.54) is 12.1 Å². The van der Waals surface area contributed by atoms with E-state index in [0.717, 1.165) is 23.7 Å². The number of amidine groups is 1. The normalized spacial score (nSPS) is 17.8. The van der Waals surface area contributed by atoms with Gasteiger partial charge < -0.3 is 19.7 Å².